The third-order valence-electron chi connectivity index (χ3n) is 4.58. The van der Waals surface area contributed by atoms with Crippen molar-refractivity contribution in [1.82, 2.24) is 4.57 Å². The van der Waals surface area contributed by atoms with Crippen molar-refractivity contribution < 1.29 is 9.84 Å². The molecule has 4 aromatic rings. The monoisotopic (exact) mass is 380 g/mol. The summed E-state index contributed by atoms with van der Waals surface area (Å²) in [6.07, 6.45) is 0.658. The molecule has 3 aromatic carbocycles. The van der Waals surface area contributed by atoms with Gasteiger partial charge in [-0.2, -0.15) is 0 Å². The van der Waals surface area contributed by atoms with Gasteiger partial charge in [-0.25, -0.2) is 0 Å². The van der Waals surface area contributed by atoms with Crippen LogP contribution in [0.4, 0.5) is 5.69 Å². The van der Waals surface area contributed by atoms with E-state index < -0.39 is 0 Å². The van der Waals surface area contributed by atoms with E-state index in [4.69, 9.17) is 16.3 Å². The van der Waals surface area contributed by atoms with Crippen LogP contribution in [0.25, 0.3) is 21.7 Å². The fourth-order valence-corrected chi connectivity index (χ4v) is 3.45. The van der Waals surface area contributed by atoms with Crippen LogP contribution in [-0.2, 0) is 6.54 Å². The molecule has 0 aliphatic carbocycles. The molecule has 0 unspecified atom stereocenters. The van der Waals surface area contributed by atoms with E-state index in [0.717, 1.165) is 16.7 Å². The fraction of sp³-hybridized carbons (Fsp3) is 0.143. The molecular formula is C21H17ClN2O3. The van der Waals surface area contributed by atoms with E-state index in [2.05, 4.69) is 11.2 Å². The average molecular weight is 381 g/mol. The number of benzene rings is 3. The van der Waals surface area contributed by atoms with Crippen LogP contribution in [0.2, 0.25) is 5.02 Å². The fourth-order valence-electron chi connectivity index (χ4n) is 3.28. The topological polar surface area (TPSA) is 63.8 Å². The number of halogens is 1. The number of aromatic nitrogens is 1. The molecule has 4 rings (SSSR count). The molecule has 0 saturated heterocycles. The first kappa shape index (κ1) is 17.4. The zero-order chi connectivity index (χ0) is 18.8. The quantitative estimate of drug-likeness (QED) is 0.328. The van der Waals surface area contributed by atoms with Crippen LogP contribution in [0.1, 0.15) is 6.42 Å². The molecule has 1 aromatic heterocycles. The van der Waals surface area contributed by atoms with Gasteiger partial charge in [0.05, 0.1) is 12.1 Å². The lowest BCUT2D eigenvalue weighted by Gasteiger charge is -2.09. The van der Waals surface area contributed by atoms with Crippen molar-refractivity contribution in [3.05, 3.63) is 70.6 Å². The van der Waals surface area contributed by atoms with E-state index in [1.807, 2.05) is 36.4 Å². The SMILES string of the molecule is O=Nc1c(O)n(CCCOc2ccc3ccccc3c2)c2ccc(Cl)cc12. The molecule has 6 heteroatoms. The highest BCUT2D eigenvalue weighted by Gasteiger charge is 2.17. The number of aryl methyl sites for hydroxylation is 1. The summed E-state index contributed by atoms with van der Waals surface area (Å²) in [7, 11) is 0. The predicted molar refractivity (Wildman–Crippen MR) is 108 cm³/mol. The van der Waals surface area contributed by atoms with E-state index in [0.29, 0.717) is 30.0 Å². The second kappa shape index (κ2) is 7.29. The van der Waals surface area contributed by atoms with E-state index in [1.165, 1.54) is 5.39 Å². The molecule has 5 nitrogen and oxygen atoms in total. The molecule has 0 saturated carbocycles. The van der Waals surface area contributed by atoms with Gasteiger partial charge in [-0.15, -0.1) is 4.91 Å². The zero-order valence-corrected chi connectivity index (χ0v) is 15.2. The van der Waals surface area contributed by atoms with Crippen molar-refractivity contribution in [3.8, 4) is 11.6 Å². The van der Waals surface area contributed by atoms with E-state index >= 15 is 0 Å². The van der Waals surface area contributed by atoms with Crippen molar-refractivity contribution in [1.29, 1.82) is 0 Å². The molecule has 0 radical (unpaired) electrons. The summed E-state index contributed by atoms with van der Waals surface area (Å²) in [5, 5.41) is 16.6. The molecule has 0 bridgehead atoms. The summed E-state index contributed by atoms with van der Waals surface area (Å²) >= 11 is 5.99. The third kappa shape index (κ3) is 3.34. The van der Waals surface area contributed by atoms with Crippen LogP contribution in [0.3, 0.4) is 0 Å². The minimum atomic E-state index is -0.145. The van der Waals surface area contributed by atoms with E-state index in [-0.39, 0.29) is 11.6 Å². The van der Waals surface area contributed by atoms with Crippen LogP contribution < -0.4 is 4.74 Å². The Labute approximate surface area is 160 Å². The molecule has 0 atom stereocenters. The number of aromatic hydroxyl groups is 1. The maximum Gasteiger partial charge on any atom is 0.222 e. The number of nitrogens with zero attached hydrogens (tertiary/aromatic N) is 2. The number of hydrogen-bond acceptors (Lipinski definition) is 4. The Balaban J connectivity index is 1.47. The highest BCUT2D eigenvalue weighted by Crippen LogP contribution is 2.39. The lowest BCUT2D eigenvalue weighted by atomic mass is 10.1. The number of rotatable bonds is 6. The first-order chi connectivity index (χ1) is 13.2. The van der Waals surface area contributed by atoms with Crippen molar-refractivity contribution in [2.45, 2.75) is 13.0 Å². The van der Waals surface area contributed by atoms with Gasteiger partial charge >= 0.3 is 0 Å². The van der Waals surface area contributed by atoms with Gasteiger partial charge in [0.1, 0.15) is 5.75 Å². The van der Waals surface area contributed by atoms with Gasteiger partial charge < -0.3 is 14.4 Å². The van der Waals surface area contributed by atoms with Crippen molar-refractivity contribution in [2.75, 3.05) is 6.61 Å². The van der Waals surface area contributed by atoms with Crippen LogP contribution in [0, 0.1) is 4.91 Å². The molecule has 1 N–H and O–H groups in total. The van der Waals surface area contributed by atoms with Crippen LogP contribution in [0.15, 0.2) is 65.8 Å². The van der Waals surface area contributed by atoms with Gasteiger partial charge in [0.25, 0.3) is 0 Å². The molecule has 136 valence electrons. The second-order valence-corrected chi connectivity index (χ2v) is 6.72. The molecule has 0 amide bonds. The zero-order valence-electron chi connectivity index (χ0n) is 14.4. The largest absolute Gasteiger partial charge is 0.494 e. The van der Waals surface area contributed by atoms with Crippen molar-refractivity contribution in [3.63, 3.8) is 0 Å². The Morgan fingerprint density at radius 3 is 2.67 bits per heavy atom. The van der Waals surface area contributed by atoms with Gasteiger partial charge in [0.15, 0.2) is 5.69 Å². The highest BCUT2D eigenvalue weighted by molar-refractivity contribution is 6.31. The average Bonchev–Trinajstić information content (AvgIpc) is 2.95. The van der Waals surface area contributed by atoms with Gasteiger partial charge in [0.2, 0.25) is 5.88 Å². The first-order valence-electron chi connectivity index (χ1n) is 8.63. The first-order valence-corrected chi connectivity index (χ1v) is 9.01. The number of hydrogen-bond donors (Lipinski definition) is 1. The summed E-state index contributed by atoms with van der Waals surface area (Å²) < 4.78 is 7.50. The normalized spacial score (nSPS) is 11.1. The van der Waals surface area contributed by atoms with Crippen LogP contribution >= 0.6 is 11.6 Å². The lowest BCUT2D eigenvalue weighted by Crippen LogP contribution is -2.04. The summed E-state index contributed by atoms with van der Waals surface area (Å²) in [5.41, 5.74) is 0.736. The summed E-state index contributed by atoms with van der Waals surface area (Å²) in [6.45, 7) is 0.974. The predicted octanol–water partition coefficient (Wildman–Crippen LogP) is 6.02. The van der Waals surface area contributed by atoms with Crippen LogP contribution in [0.5, 0.6) is 11.6 Å². The van der Waals surface area contributed by atoms with Gasteiger partial charge in [-0.1, -0.05) is 41.9 Å². The molecule has 27 heavy (non-hydrogen) atoms. The Kier molecular flexibility index (Phi) is 4.69. The summed E-state index contributed by atoms with van der Waals surface area (Å²) in [5.74, 6) is 0.658. The van der Waals surface area contributed by atoms with Crippen molar-refractivity contribution >= 4 is 39.0 Å². The van der Waals surface area contributed by atoms with E-state index in [9.17, 15) is 10.0 Å². The standard InChI is InChI=1S/C21H17ClN2O3/c22-16-7-9-19-18(13-16)20(23-26)21(25)24(19)10-3-11-27-17-8-6-14-4-1-2-5-15(14)12-17/h1-2,4-9,12-13,25H,3,10-11H2. The Hall–Kier alpha value is -3.05. The maximum absolute atomic E-state index is 11.1. The second-order valence-electron chi connectivity index (χ2n) is 6.29. The number of ether oxygens (including phenoxy) is 1. The van der Waals surface area contributed by atoms with Crippen molar-refractivity contribution in [2.24, 2.45) is 5.18 Å². The summed E-state index contributed by atoms with van der Waals surface area (Å²) in [6, 6.07) is 19.2. The van der Waals surface area contributed by atoms with E-state index in [1.54, 1.807) is 22.8 Å². The van der Waals surface area contributed by atoms with Crippen LogP contribution in [-0.4, -0.2) is 16.3 Å². The van der Waals surface area contributed by atoms with Gasteiger partial charge in [-0.3, -0.25) is 0 Å². The lowest BCUT2D eigenvalue weighted by molar-refractivity contribution is 0.298. The van der Waals surface area contributed by atoms with Gasteiger partial charge in [-0.05, 0) is 52.7 Å². The Bertz CT molecular complexity index is 1140. The van der Waals surface area contributed by atoms with Gasteiger partial charge in [0, 0.05) is 17.0 Å². The molecule has 0 fully saturated rings. The minimum absolute atomic E-state index is 0.0166. The molecular weight excluding hydrogens is 364 g/mol. The molecule has 0 spiro atoms. The number of nitroso groups, excluding NO2 is 1. The third-order valence-corrected chi connectivity index (χ3v) is 4.81. The number of fused-ring (bicyclic) bond motifs is 2. The summed E-state index contributed by atoms with van der Waals surface area (Å²) in [4.78, 5) is 11.1. The molecule has 0 aliphatic rings. The Morgan fingerprint density at radius 2 is 1.85 bits per heavy atom. The minimum Gasteiger partial charge on any atom is -0.494 e. The Morgan fingerprint density at radius 1 is 1.04 bits per heavy atom. The highest BCUT2D eigenvalue weighted by atomic mass is 35.5. The molecule has 1 heterocycles. The molecule has 0 aliphatic heterocycles. The smallest absolute Gasteiger partial charge is 0.222 e. The maximum atomic E-state index is 11.1.